The Morgan fingerprint density at radius 2 is 1.65 bits per heavy atom. The normalized spacial score (nSPS) is 12.8. The van der Waals surface area contributed by atoms with E-state index in [1.165, 1.54) is 17.0 Å². The molecule has 4 N–H and O–H groups in total. The largest absolute Gasteiger partial charge is 0.508 e. The quantitative estimate of drug-likeness (QED) is 0.254. The maximum atomic E-state index is 14.2. The molecule has 3 amide bonds. The van der Waals surface area contributed by atoms with Crippen LogP contribution in [0.15, 0.2) is 42.5 Å². The molecule has 0 aliphatic carbocycles. The van der Waals surface area contributed by atoms with Gasteiger partial charge in [0.15, 0.2) is 0 Å². The Labute approximate surface area is 237 Å². The second kappa shape index (κ2) is 15.1. The number of phenols is 2. The molecule has 2 unspecified atom stereocenters. The Morgan fingerprint density at radius 1 is 0.975 bits per heavy atom. The number of carbonyl (C=O) groups is 3. The van der Waals surface area contributed by atoms with Gasteiger partial charge in [-0.05, 0) is 63.8 Å². The van der Waals surface area contributed by atoms with E-state index in [0.29, 0.717) is 29.7 Å². The van der Waals surface area contributed by atoms with Crippen molar-refractivity contribution in [2.45, 2.75) is 91.3 Å². The van der Waals surface area contributed by atoms with Crippen LogP contribution in [0.3, 0.4) is 0 Å². The number of phenolic OH excluding ortho intramolecular Hbond substituents is 2. The molecule has 0 fully saturated rings. The monoisotopic (exact) mass is 555 g/mol. The number of para-hydroxylation sites is 1. The lowest BCUT2D eigenvalue weighted by Crippen LogP contribution is -2.54. The second-order valence-corrected chi connectivity index (χ2v) is 11.0. The summed E-state index contributed by atoms with van der Waals surface area (Å²) < 4.78 is 5.44. The van der Waals surface area contributed by atoms with Gasteiger partial charge in [-0.2, -0.15) is 0 Å². The number of unbranched alkanes of at least 4 members (excludes halogenated alkanes) is 2. The highest BCUT2D eigenvalue weighted by Gasteiger charge is 2.37. The van der Waals surface area contributed by atoms with Crippen molar-refractivity contribution in [3.63, 3.8) is 0 Å². The minimum Gasteiger partial charge on any atom is -0.508 e. The molecule has 0 saturated heterocycles. The van der Waals surface area contributed by atoms with Crippen LogP contribution in [0, 0.1) is 6.92 Å². The van der Waals surface area contributed by atoms with Gasteiger partial charge in [0.25, 0.3) is 0 Å². The van der Waals surface area contributed by atoms with Gasteiger partial charge in [-0.25, -0.2) is 4.79 Å². The van der Waals surface area contributed by atoms with Gasteiger partial charge in [0.1, 0.15) is 29.2 Å². The maximum absolute atomic E-state index is 14.2. The molecule has 9 heteroatoms. The third-order valence-corrected chi connectivity index (χ3v) is 6.32. The molecule has 0 bridgehead atoms. The fourth-order valence-corrected chi connectivity index (χ4v) is 4.36. The summed E-state index contributed by atoms with van der Waals surface area (Å²) in [5.74, 6) is -0.871. The van der Waals surface area contributed by atoms with Crippen molar-refractivity contribution < 1.29 is 29.3 Å². The van der Waals surface area contributed by atoms with Gasteiger partial charge >= 0.3 is 6.09 Å². The van der Waals surface area contributed by atoms with Gasteiger partial charge in [-0.1, -0.05) is 57.0 Å². The fraction of sp³-hybridized carbons (Fsp3) is 0.516. The van der Waals surface area contributed by atoms with Crippen LogP contribution in [0.2, 0.25) is 0 Å². The van der Waals surface area contributed by atoms with E-state index in [1.54, 1.807) is 58.0 Å². The first kappa shape index (κ1) is 32.5. The number of nitrogens with one attached hydrogen (secondary N) is 2. The third kappa shape index (κ3) is 9.77. The van der Waals surface area contributed by atoms with Gasteiger partial charge in [-0.3, -0.25) is 9.59 Å². The molecule has 40 heavy (non-hydrogen) atoms. The van der Waals surface area contributed by atoms with Crippen LogP contribution in [0.5, 0.6) is 11.5 Å². The highest BCUT2D eigenvalue weighted by Crippen LogP contribution is 2.32. The Bertz CT molecular complexity index is 1130. The first-order chi connectivity index (χ1) is 18.9. The Hall–Kier alpha value is -3.75. The zero-order valence-corrected chi connectivity index (χ0v) is 24.6. The molecular weight excluding hydrogens is 510 g/mol. The SMILES string of the molecule is CCCCCNC(=O)C(c1cccc(C)c1O)N(CCC)C(=O)C(Cc1ccc(O)cc1)NC(=O)OC(C)(C)C. The summed E-state index contributed by atoms with van der Waals surface area (Å²) in [6.45, 7) is 11.5. The van der Waals surface area contributed by atoms with Gasteiger partial charge in [0.05, 0.1) is 0 Å². The summed E-state index contributed by atoms with van der Waals surface area (Å²) >= 11 is 0. The minimum atomic E-state index is -1.11. The van der Waals surface area contributed by atoms with Crippen LogP contribution in [-0.2, 0) is 20.7 Å². The maximum Gasteiger partial charge on any atom is 0.408 e. The first-order valence-electron chi connectivity index (χ1n) is 14.0. The molecule has 0 saturated carbocycles. The number of rotatable bonds is 13. The zero-order chi connectivity index (χ0) is 29.9. The van der Waals surface area contributed by atoms with Crippen LogP contribution in [-0.4, -0.2) is 57.8 Å². The fourth-order valence-electron chi connectivity index (χ4n) is 4.36. The number of ether oxygens (including phenoxy) is 1. The summed E-state index contributed by atoms with van der Waals surface area (Å²) in [6, 6.07) is 9.27. The average molecular weight is 556 g/mol. The summed E-state index contributed by atoms with van der Waals surface area (Å²) in [4.78, 5) is 42.1. The lowest BCUT2D eigenvalue weighted by Gasteiger charge is -2.35. The van der Waals surface area contributed by atoms with E-state index in [4.69, 9.17) is 4.74 Å². The highest BCUT2D eigenvalue weighted by atomic mass is 16.6. The molecule has 0 spiro atoms. The van der Waals surface area contributed by atoms with Crippen molar-refractivity contribution in [3.8, 4) is 11.5 Å². The topological polar surface area (TPSA) is 128 Å². The van der Waals surface area contributed by atoms with Gasteiger partial charge < -0.3 is 30.5 Å². The van der Waals surface area contributed by atoms with E-state index in [0.717, 1.165) is 19.3 Å². The van der Waals surface area contributed by atoms with E-state index in [1.807, 2.05) is 6.92 Å². The summed E-state index contributed by atoms with van der Waals surface area (Å²) in [7, 11) is 0. The average Bonchev–Trinajstić information content (AvgIpc) is 2.88. The van der Waals surface area contributed by atoms with Crippen LogP contribution >= 0.6 is 0 Å². The number of hydrogen-bond acceptors (Lipinski definition) is 6. The molecule has 220 valence electrons. The molecule has 0 radical (unpaired) electrons. The third-order valence-electron chi connectivity index (χ3n) is 6.32. The van der Waals surface area contributed by atoms with Crippen LogP contribution in [0.25, 0.3) is 0 Å². The number of hydrogen-bond donors (Lipinski definition) is 4. The van der Waals surface area contributed by atoms with E-state index < -0.39 is 35.6 Å². The van der Waals surface area contributed by atoms with Gasteiger partial charge in [0.2, 0.25) is 11.8 Å². The van der Waals surface area contributed by atoms with E-state index >= 15 is 0 Å². The summed E-state index contributed by atoms with van der Waals surface area (Å²) in [5, 5.41) is 26.3. The van der Waals surface area contributed by atoms with Crippen molar-refractivity contribution in [1.82, 2.24) is 15.5 Å². The molecule has 2 rings (SSSR count). The lowest BCUT2D eigenvalue weighted by atomic mass is 9.97. The van der Waals surface area contributed by atoms with Crippen molar-refractivity contribution in [1.29, 1.82) is 0 Å². The Kier molecular flexibility index (Phi) is 12.3. The number of aryl methyl sites for hydroxylation is 1. The number of benzene rings is 2. The predicted molar refractivity (Wildman–Crippen MR) is 155 cm³/mol. The highest BCUT2D eigenvalue weighted by molar-refractivity contribution is 5.92. The van der Waals surface area contributed by atoms with Crippen LogP contribution in [0.1, 0.15) is 83.0 Å². The molecule has 2 aromatic carbocycles. The number of aromatic hydroxyl groups is 2. The number of amides is 3. The van der Waals surface area contributed by atoms with Gasteiger partial charge in [0, 0.05) is 25.1 Å². The molecule has 9 nitrogen and oxygen atoms in total. The van der Waals surface area contributed by atoms with E-state index in [2.05, 4.69) is 17.6 Å². The summed E-state index contributed by atoms with van der Waals surface area (Å²) in [5.41, 5.74) is 0.809. The van der Waals surface area contributed by atoms with Crippen LogP contribution in [0.4, 0.5) is 4.79 Å². The van der Waals surface area contributed by atoms with Crippen LogP contribution < -0.4 is 10.6 Å². The second-order valence-electron chi connectivity index (χ2n) is 11.0. The van der Waals surface area contributed by atoms with Crippen molar-refractivity contribution in [2.24, 2.45) is 0 Å². The van der Waals surface area contributed by atoms with E-state index in [9.17, 15) is 24.6 Å². The molecule has 0 heterocycles. The predicted octanol–water partition coefficient (Wildman–Crippen LogP) is 5.13. The molecular formula is C31H45N3O6. The Morgan fingerprint density at radius 3 is 2.25 bits per heavy atom. The molecule has 0 aliphatic rings. The smallest absolute Gasteiger partial charge is 0.408 e. The first-order valence-corrected chi connectivity index (χ1v) is 14.0. The molecule has 2 atom stereocenters. The van der Waals surface area contributed by atoms with Crippen molar-refractivity contribution >= 4 is 17.9 Å². The number of alkyl carbamates (subject to hydrolysis) is 1. The van der Waals surface area contributed by atoms with Crippen molar-refractivity contribution in [2.75, 3.05) is 13.1 Å². The van der Waals surface area contributed by atoms with Crippen molar-refractivity contribution in [3.05, 3.63) is 59.2 Å². The molecule has 0 aromatic heterocycles. The standard InChI is InChI=1S/C31H45N3O6/c1-7-9-10-18-32-28(37)26(24-13-11-12-21(3)27(24)36)34(19-8-2)29(38)25(33-30(39)40-31(4,5)6)20-22-14-16-23(35)17-15-22/h11-17,25-26,35-36H,7-10,18-20H2,1-6H3,(H,32,37)(H,33,39). The number of carbonyl (C=O) groups excluding carboxylic acids is 3. The van der Waals surface area contributed by atoms with Gasteiger partial charge in [-0.15, -0.1) is 0 Å². The Balaban J connectivity index is 2.53. The lowest BCUT2D eigenvalue weighted by molar-refractivity contribution is -0.142. The zero-order valence-electron chi connectivity index (χ0n) is 24.6. The minimum absolute atomic E-state index is 0.0553. The van der Waals surface area contributed by atoms with E-state index in [-0.39, 0.29) is 24.5 Å². The molecule has 2 aromatic rings. The number of nitrogens with zero attached hydrogens (tertiary/aromatic N) is 1. The molecule has 0 aliphatic heterocycles. The summed E-state index contributed by atoms with van der Waals surface area (Å²) in [6.07, 6.45) is 2.61.